The Morgan fingerprint density at radius 1 is 1.50 bits per heavy atom. The number of benzene rings is 1. The molecule has 0 aliphatic carbocycles. The number of rotatable bonds is 6. The average Bonchev–Trinajstić information content (AvgIpc) is 2.43. The molecule has 0 spiro atoms. The molecule has 1 aromatic rings. The molecular weight excluding hydrogens is 300 g/mol. The van der Waals surface area contributed by atoms with E-state index in [9.17, 15) is 9.59 Å². The van der Waals surface area contributed by atoms with Crippen LogP contribution in [0.5, 0.6) is 0 Å². The highest BCUT2D eigenvalue weighted by atomic mass is 35.5. The first kappa shape index (κ1) is 16.3. The summed E-state index contributed by atoms with van der Waals surface area (Å²) >= 11 is 7.00. The van der Waals surface area contributed by atoms with Gasteiger partial charge in [0.1, 0.15) is 0 Å². The number of aromatic carboxylic acids is 1. The van der Waals surface area contributed by atoms with Crippen LogP contribution in [-0.4, -0.2) is 41.2 Å². The lowest BCUT2D eigenvalue weighted by Gasteiger charge is -2.15. The van der Waals surface area contributed by atoms with Crippen molar-refractivity contribution in [2.24, 2.45) is 0 Å². The van der Waals surface area contributed by atoms with Gasteiger partial charge in [-0.25, -0.2) is 4.79 Å². The van der Waals surface area contributed by atoms with Crippen molar-refractivity contribution < 1.29 is 14.7 Å². The Bertz CT molecular complexity index is 557. The second-order valence-electron chi connectivity index (χ2n) is 3.96. The summed E-state index contributed by atoms with van der Waals surface area (Å²) in [5.74, 6) is -1.03. The molecule has 7 heteroatoms. The smallest absolute Gasteiger partial charge is 0.337 e. The van der Waals surface area contributed by atoms with Crippen molar-refractivity contribution >= 4 is 35.2 Å². The van der Waals surface area contributed by atoms with E-state index in [-0.39, 0.29) is 28.7 Å². The van der Waals surface area contributed by atoms with Crippen LogP contribution in [0.1, 0.15) is 16.8 Å². The summed E-state index contributed by atoms with van der Waals surface area (Å²) in [6, 6.07) is 6.58. The van der Waals surface area contributed by atoms with Crippen LogP contribution < -0.4 is 0 Å². The summed E-state index contributed by atoms with van der Waals surface area (Å²) in [4.78, 5) is 24.8. The van der Waals surface area contributed by atoms with Crippen molar-refractivity contribution in [3.8, 4) is 6.07 Å². The van der Waals surface area contributed by atoms with Gasteiger partial charge >= 0.3 is 5.97 Å². The minimum atomic E-state index is -1.10. The number of carboxylic acids is 1. The van der Waals surface area contributed by atoms with E-state index in [4.69, 9.17) is 22.0 Å². The van der Waals surface area contributed by atoms with Crippen LogP contribution in [0.25, 0.3) is 0 Å². The van der Waals surface area contributed by atoms with E-state index in [0.29, 0.717) is 11.4 Å². The van der Waals surface area contributed by atoms with E-state index in [1.54, 1.807) is 13.1 Å². The fourth-order valence-electron chi connectivity index (χ4n) is 1.36. The summed E-state index contributed by atoms with van der Waals surface area (Å²) in [5.41, 5.74) is 0.0157. The topological polar surface area (TPSA) is 81.4 Å². The molecule has 1 amide bonds. The van der Waals surface area contributed by atoms with Crippen LogP contribution in [0.4, 0.5) is 0 Å². The highest BCUT2D eigenvalue weighted by Crippen LogP contribution is 2.24. The molecule has 0 radical (unpaired) electrons. The Kier molecular flexibility index (Phi) is 6.36. The number of amides is 1. The third-order valence-corrected chi connectivity index (χ3v) is 3.82. The fraction of sp³-hybridized carbons (Fsp3) is 0.308. The zero-order valence-electron chi connectivity index (χ0n) is 10.8. The van der Waals surface area contributed by atoms with Gasteiger partial charge in [0.2, 0.25) is 5.91 Å². The van der Waals surface area contributed by atoms with Crippen LogP contribution in [0.15, 0.2) is 23.1 Å². The fourth-order valence-corrected chi connectivity index (χ4v) is 2.43. The summed E-state index contributed by atoms with van der Waals surface area (Å²) in [6.07, 6.45) is 0.289. The van der Waals surface area contributed by atoms with Gasteiger partial charge in [-0.2, -0.15) is 5.26 Å². The normalized spacial score (nSPS) is 9.85. The van der Waals surface area contributed by atoms with Crippen molar-refractivity contribution in [2.75, 3.05) is 19.3 Å². The van der Waals surface area contributed by atoms with Crippen molar-refractivity contribution in [3.05, 3.63) is 28.8 Å². The highest BCUT2D eigenvalue weighted by molar-refractivity contribution is 8.00. The summed E-state index contributed by atoms with van der Waals surface area (Å²) in [5, 5.41) is 17.6. The van der Waals surface area contributed by atoms with E-state index in [1.165, 1.54) is 28.8 Å². The predicted octanol–water partition coefficient (Wildman–Crippen LogP) is 2.50. The number of halogens is 1. The molecule has 0 bridgehead atoms. The predicted molar refractivity (Wildman–Crippen MR) is 77.0 cm³/mol. The Balaban J connectivity index is 2.62. The highest BCUT2D eigenvalue weighted by Gasteiger charge is 2.12. The number of hydrogen-bond donors (Lipinski definition) is 1. The van der Waals surface area contributed by atoms with Gasteiger partial charge in [-0.1, -0.05) is 11.6 Å². The molecule has 1 N–H and O–H groups in total. The Morgan fingerprint density at radius 3 is 2.80 bits per heavy atom. The molecule has 0 saturated heterocycles. The Morgan fingerprint density at radius 2 is 2.20 bits per heavy atom. The third kappa shape index (κ3) is 4.76. The van der Waals surface area contributed by atoms with Crippen molar-refractivity contribution in [2.45, 2.75) is 11.3 Å². The molecule has 0 fully saturated rings. The zero-order valence-corrected chi connectivity index (χ0v) is 12.4. The van der Waals surface area contributed by atoms with Crippen LogP contribution in [-0.2, 0) is 4.79 Å². The van der Waals surface area contributed by atoms with Crippen LogP contribution >= 0.6 is 23.4 Å². The van der Waals surface area contributed by atoms with Crippen LogP contribution in [0, 0.1) is 11.3 Å². The second kappa shape index (κ2) is 7.78. The Labute approximate surface area is 126 Å². The maximum absolute atomic E-state index is 11.8. The van der Waals surface area contributed by atoms with Gasteiger partial charge in [0, 0.05) is 18.5 Å². The number of thioether (sulfide) groups is 1. The number of nitriles is 1. The second-order valence-corrected chi connectivity index (χ2v) is 5.41. The van der Waals surface area contributed by atoms with E-state index in [2.05, 4.69) is 0 Å². The van der Waals surface area contributed by atoms with E-state index in [0.717, 1.165) is 0 Å². The van der Waals surface area contributed by atoms with Gasteiger partial charge in [-0.05, 0) is 18.2 Å². The van der Waals surface area contributed by atoms with Crippen LogP contribution in [0.3, 0.4) is 0 Å². The van der Waals surface area contributed by atoms with Gasteiger partial charge in [-0.15, -0.1) is 11.8 Å². The van der Waals surface area contributed by atoms with Crippen molar-refractivity contribution in [1.82, 2.24) is 4.90 Å². The molecule has 20 heavy (non-hydrogen) atoms. The monoisotopic (exact) mass is 312 g/mol. The molecule has 0 aromatic heterocycles. The largest absolute Gasteiger partial charge is 0.478 e. The summed E-state index contributed by atoms with van der Waals surface area (Å²) < 4.78 is 0. The number of carbonyl (C=O) groups is 2. The molecule has 1 rings (SSSR count). The standard InChI is InChI=1S/C13H13ClN2O3S/c1-16(6-2-5-15)12(17)8-20-9-3-4-11(14)10(7-9)13(18)19/h3-4,7H,2,6,8H2,1H3,(H,18,19). The van der Waals surface area contributed by atoms with Crippen LogP contribution in [0.2, 0.25) is 5.02 Å². The van der Waals surface area contributed by atoms with Gasteiger partial charge < -0.3 is 10.0 Å². The molecule has 106 valence electrons. The average molecular weight is 313 g/mol. The van der Waals surface area contributed by atoms with Gasteiger partial charge in [-0.3, -0.25) is 4.79 Å². The molecule has 0 heterocycles. The number of carboxylic acid groups (broad SMARTS) is 1. The molecule has 0 aliphatic rings. The van der Waals surface area contributed by atoms with E-state index < -0.39 is 5.97 Å². The van der Waals surface area contributed by atoms with Gasteiger partial charge in [0.15, 0.2) is 0 Å². The summed E-state index contributed by atoms with van der Waals surface area (Å²) in [7, 11) is 1.63. The third-order valence-electron chi connectivity index (χ3n) is 2.52. The number of hydrogen-bond acceptors (Lipinski definition) is 4. The lowest BCUT2D eigenvalue weighted by molar-refractivity contribution is -0.127. The molecule has 0 aliphatic heterocycles. The lowest BCUT2D eigenvalue weighted by atomic mass is 10.2. The molecular formula is C13H13ClN2O3S. The van der Waals surface area contributed by atoms with Crippen molar-refractivity contribution in [3.63, 3.8) is 0 Å². The molecule has 0 saturated carbocycles. The molecule has 0 atom stereocenters. The SMILES string of the molecule is CN(CCC#N)C(=O)CSc1ccc(Cl)c(C(=O)O)c1. The quantitative estimate of drug-likeness (QED) is 0.816. The molecule has 1 aromatic carbocycles. The first-order valence-electron chi connectivity index (χ1n) is 5.72. The van der Waals surface area contributed by atoms with Gasteiger partial charge in [0.05, 0.1) is 28.8 Å². The molecule has 0 unspecified atom stereocenters. The minimum Gasteiger partial charge on any atom is -0.478 e. The van der Waals surface area contributed by atoms with Gasteiger partial charge in [0.25, 0.3) is 0 Å². The maximum atomic E-state index is 11.8. The molecule has 5 nitrogen and oxygen atoms in total. The minimum absolute atomic E-state index is 0.0157. The lowest BCUT2D eigenvalue weighted by Crippen LogP contribution is -2.29. The van der Waals surface area contributed by atoms with E-state index in [1.807, 2.05) is 6.07 Å². The zero-order chi connectivity index (χ0) is 15.1. The number of carbonyl (C=O) groups excluding carboxylic acids is 1. The van der Waals surface area contributed by atoms with Crippen molar-refractivity contribution in [1.29, 1.82) is 5.26 Å². The number of nitrogens with zero attached hydrogens (tertiary/aromatic N) is 2. The summed E-state index contributed by atoms with van der Waals surface area (Å²) in [6.45, 7) is 0.386. The first-order valence-corrected chi connectivity index (χ1v) is 7.08. The first-order chi connectivity index (χ1) is 9.45. The van der Waals surface area contributed by atoms with E-state index >= 15 is 0 Å². The Hall–Kier alpha value is -1.71. The maximum Gasteiger partial charge on any atom is 0.337 e.